The molecule has 0 aliphatic carbocycles. The lowest BCUT2D eigenvalue weighted by molar-refractivity contribution is -0.122. The second kappa shape index (κ2) is 9.12. The molecule has 1 amide bonds. The molecule has 0 saturated heterocycles. The number of rotatable bonds is 8. The summed E-state index contributed by atoms with van der Waals surface area (Å²) in [4.78, 5) is 12.9. The molecule has 0 atom stereocenters. The van der Waals surface area contributed by atoms with Crippen LogP contribution in [0.15, 0.2) is 46.3 Å². The standard InChI is InChI=1S/C15H16BrNO2S2/c16-14-7-6-13(21-14)11-20-9-8-17-15(18)10-19-12-4-2-1-3-5-12/h1-7H,8-11H2,(H,17,18). The van der Waals surface area contributed by atoms with E-state index in [0.717, 1.165) is 15.3 Å². The van der Waals surface area contributed by atoms with Crippen LogP contribution in [0.1, 0.15) is 4.88 Å². The van der Waals surface area contributed by atoms with Gasteiger partial charge in [0.15, 0.2) is 6.61 Å². The molecule has 1 aromatic heterocycles. The van der Waals surface area contributed by atoms with Gasteiger partial charge in [0, 0.05) is 22.9 Å². The van der Waals surface area contributed by atoms with Crippen LogP contribution in [0.5, 0.6) is 5.75 Å². The van der Waals surface area contributed by atoms with Gasteiger partial charge in [-0.3, -0.25) is 4.79 Å². The van der Waals surface area contributed by atoms with Crippen molar-refractivity contribution in [2.45, 2.75) is 5.75 Å². The third-order valence-corrected chi connectivity index (χ3v) is 5.37. The number of nitrogens with one attached hydrogen (secondary N) is 1. The van der Waals surface area contributed by atoms with Crippen molar-refractivity contribution in [3.05, 3.63) is 51.1 Å². The lowest BCUT2D eigenvalue weighted by Gasteiger charge is -2.07. The maximum Gasteiger partial charge on any atom is 0.257 e. The SMILES string of the molecule is O=C(COc1ccccc1)NCCSCc1ccc(Br)s1. The van der Waals surface area contributed by atoms with E-state index in [-0.39, 0.29) is 12.5 Å². The number of ether oxygens (including phenoxy) is 1. The Labute approximate surface area is 141 Å². The summed E-state index contributed by atoms with van der Waals surface area (Å²) in [5, 5.41) is 2.85. The zero-order valence-corrected chi connectivity index (χ0v) is 14.6. The molecule has 1 heterocycles. The lowest BCUT2D eigenvalue weighted by Crippen LogP contribution is -2.30. The third kappa shape index (κ3) is 6.54. The minimum absolute atomic E-state index is 0.0621. The molecule has 0 unspecified atom stereocenters. The van der Waals surface area contributed by atoms with Crippen LogP contribution in [0.25, 0.3) is 0 Å². The summed E-state index contributed by atoms with van der Waals surface area (Å²) in [5.41, 5.74) is 0. The highest BCUT2D eigenvalue weighted by atomic mass is 79.9. The van der Waals surface area contributed by atoms with Crippen molar-refractivity contribution in [1.29, 1.82) is 0 Å². The van der Waals surface area contributed by atoms with Gasteiger partial charge >= 0.3 is 0 Å². The van der Waals surface area contributed by atoms with E-state index in [1.54, 1.807) is 11.3 Å². The Morgan fingerprint density at radius 3 is 2.76 bits per heavy atom. The number of carbonyl (C=O) groups is 1. The largest absolute Gasteiger partial charge is 0.484 e. The molecule has 1 N–H and O–H groups in total. The molecule has 6 heteroatoms. The van der Waals surface area contributed by atoms with Crippen molar-refractivity contribution >= 4 is 44.9 Å². The van der Waals surface area contributed by atoms with Gasteiger partial charge in [0.05, 0.1) is 3.79 Å². The molecule has 0 aliphatic rings. The second-order valence-corrected chi connectivity index (χ2v) is 7.86. The normalized spacial score (nSPS) is 10.3. The van der Waals surface area contributed by atoms with Gasteiger partial charge < -0.3 is 10.1 Å². The van der Waals surface area contributed by atoms with E-state index < -0.39 is 0 Å². The molecule has 0 saturated carbocycles. The minimum Gasteiger partial charge on any atom is -0.484 e. The summed E-state index contributed by atoms with van der Waals surface area (Å²) in [6.07, 6.45) is 0. The Hall–Kier alpha value is -0.980. The van der Waals surface area contributed by atoms with Crippen LogP contribution < -0.4 is 10.1 Å². The summed E-state index contributed by atoms with van der Waals surface area (Å²) in [6, 6.07) is 13.5. The van der Waals surface area contributed by atoms with Crippen LogP contribution in [-0.2, 0) is 10.5 Å². The fourth-order valence-corrected chi connectivity index (χ4v) is 4.03. The molecule has 0 fully saturated rings. The predicted octanol–water partition coefficient (Wildman–Crippen LogP) is 3.94. The first kappa shape index (κ1) is 16.4. The van der Waals surface area contributed by atoms with E-state index in [1.807, 2.05) is 42.1 Å². The van der Waals surface area contributed by atoms with Gasteiger partial charge in [0.25, 0.3) is 5.91 Å². The number of halogens is 1. The van der Waals surface area contributed by atoms with Gasteiger partial charge in [-0.2, -0.15) is 11.8 Å². The number of amides is 1. The van der Waals surface area contributed by atoms with Crippen molar-refractivity contribution in [2.75, 3.05) is 18.9 Å². The molecule has 0 aliphatic heterocycles. The van der Waals surface area contributed by atoms with Crippen molar-refractivity contribution < 1.29 is 9.53 Å². The average molecular weight is 386 g/mol. The van der Waals surface area contributed by atoms with Gasteiger partial charge in [-0.1, -0.05) is 18.2 Å². The summed E-state index contributed by atoms with van der Waals surface area (Å²) in [6.45, 7) is 0.723. The molecule has 3 nitrogen and oxygen atoms in total. The van der Waals surface area contributed by atoms with E-state index in [4.69, 9.17) is 4.74 Å². The molecule has 112 valence electrons. The fourth-order valence-electron chi connectivity index (χ4n) is 1.58. The number of thioether (sulfide) groups is 1. The molecule has 2 aromatic rings. The molecule has 0 bridgehead atoms. The average Bonchev–Trinajstić information content (AvgIpc) is 2.91. The molecule has 21 heavy (non-hydrogen) atoms. The molecule has 1 aromatic carbocycles. The zero-order chi connectivity index (χ0) is 14.9. The van der Waals surface area contributed by atoms with Crippen molar-refractivity contribution in [3.8, 4) is 5.75 Å². The summed E-state index contributed by atoms with van der Waals surface area (Å²) in [7, 11) is 0. The molecule has 0 radical (unpaired) electrons. The summed E-state index contributed by atoms with van der Waals surface area (Å²) < 4.78 is 6.53. The first-order chi connectivity index (χ1) is 10.2. The zero-order valence-electron chi connectivity index (χ0n) is 11.4. The first-order valence-electron chi connectivity index (χ1n) is 6.50. The van der Waals surface area contributed by atoms with Crippen LogP contribution in [0, 0.1) is 0 Å². The van der Waals surface area contributed by atoms with Gasteiger partial charge in [-0.15, -0.1) is 11.3 Å². The molecule has 0 spiro atoms. The van der Waals surface area contributed by atoms with Crippen molar-refractivity contribution in [3.63, 3.8) is 0 Å². The highest BCUT2D eigenvalue weighted by Gasteiger charge is 2.02. The van der Waals surface area contributed by atoms with Crippen molar-refractivity contribution in [2.24, 2.45) is 0 Å². The third-order valence-electron chi connectivity index (χ3n) is 2.55. The van der Waals surface area contributed by atoms with E-state index in [1.165, 1.54) is 4.88 Å². The summed E-state index contributed by atoms with van der Waals surface area (Å²) >= 11 is 7.01. The number of benzene rings is 1. The number of hydrogen-bond acceptors (Lipinski definition) is 4. The smallest absolute Gasteiger partial charge is 0.257 e. The quantitative estimate of drug-likeness (QED) is 0.699. The maximum absolute atomic E-state index is 11.6. The summed E-state index contributed by atoms with van der Waals surface area (Å²) in [5.74, 6) is 2.50. The number of para-hydroxylation sites is 1. The monoisotopic (exact) mass is 385 g/mol. The molecule has 2 rings (SSSR count). The fraction of sp³-hybridized carbons (Fsp3) is 0.267. The Morgan fingerprint density at radius 1 is 1.24 bits per heavy atom. The van der Waals surface area contributed by atoms with E-state index in [0.29, 0.717) is 12.3 Å². The topological polar surface area (TPSA) is 38.3 Å². The van der Waals surface area contributed by atoms with Crippen LogP contribution in [0.3, 0.4) is 0 Å². The highest BCUT2D eigenvalue weighted by Crippen LogP contribution is 2.25. The van der Waals surface area contributed by atoms with Gasteiger partial charge in [0.1, 0.15) is 5.75 Å². The first-order valence-corrected chi connectivity index (χ1v) is 9.27. The Kier molecular flexibility index (Phi) is 7.12. The number of thiophene rings is 1. The van der Waals surface area contributed by atoms with Crippen LogP contribution in [0.4, 0.5) is 0 Å². The lowest BCUT2D eigenvalue weighted by atomic mass is 10.3. The Bertz CT molecular complexity index is 560. The van der Waals surface area contributed by atoms with E-state index in [2.05, 4.69) is 33.4 Å². The van der Waals surface area contributed by atoms with Crippen molar-refractivity contribution in [1.82, 2.24) is 5.32 Å². The minimum atomic E-state index is -0.0849. The highest BCUT2D eigenvalue weighted by molar-refractivity contribution is 9.11. The van der Waals surface area contributed by atoms with Crippen LogP contribution >= 0.6 is 39.0 Å². The van der Waals surface area contributed by atoms with Gasteiger partial charge in [0.2, 0.25) is 0 Å². The molecular formula is C15H16BrNO2S2. The van der Waals surface area contributed by atoms with Crippen LogP contribution in [-0.4, -0.2) is 24.8 Å². The number of carbonyl (C=O) groups excluding carboxylic acids is 1. The van der Waals surface area contributed by atoms with E-state index in [9.17, 15) is 4.79 Å². The maximum atomic E-state index is 11.6. The van der Waals surface area contributed by atoms with Gasteiger partial charge in [-0.25, -0.2) is 0 Å². The number of hydrogen-bond donors (Lipinski definition) is 1. The Morgan fingerprint density at radius 2 is 2.05 bits per heavy atom. The molecular weight excluding hydrogens is 370 g/mol. The predicted molar refractivity (Wildman–Crippen MR) is 93.1 cm³/mol. The second-order valence-electron chi connectivity index (χ2n) is 4.21. The van der Waals surface area contributed by atoms with Crippen LogP contribution in [0.2, 0.25) is 0 Å². The van der Waals surface area contributed by atoms with E-state index >= 15 is 0 Å². The Balaban J connectivity index is 1.53. The van der Waals surface area contributed by atoms with Gasteiger partial charge in [-0.05, 0) is 40.2 Å².